The molecule has 1 aromatic heterocycles. The van der Waals surface area contributed by atoms with Crippen LogP contribution in [0.3, 0.4) is 0 Å². The van der Waals surface area contributed by atoms with Crippen LogP contribution in [-0.2, 0) is 41.9 Å². The van der Waals surface area contributed by atoms with Gasteiger partial charge in [-0.05, 0) is 49.1 Å². The molecule has 3 aromatic carbocycles. The maximum atomic E-state index is 12.0. The summed E-state index contributed by atoms with van der Waals surface area (Å²) in [6.07, 6.45) is 6.30. The van der Waals surface area contributed by atoms with E-state index in [1.807, 2.05) is 70.2 Å². The summed E-state index contributed by atoms with van der Waals surface area (Å²) in [5.74, 6) is 1.36. The van der Waals surface area contributed by atoms with Crippen molar-refractivity contribution in [2.24, 2.45) is 0 Å². The van der Waals surface area contributed by atoms with Gasteiger partial charge in [0.15, 0.2) is 4.84 Å². The highest BCUT2D eigenvalue weighted by Crippen LogP contribution is 2.36. The lowest BCUT2D eigenvalue weighted by Crippen LogP contribution is -2.47. The molecule has 5 rings (SSSR count). The number of carboxylic acid groups (broad SMARTS) is 1. The fourth-order valence-electron chi connectivity index (χ4n) is 5.72. The number of terminal acetylenes is 1. The molecule has 0 saturated carbocycles. The zero-order valence-corrected chi connectivity index (χ0v) is 41.9. The number of amides is 2. The van der Waals surface area contributed by atoms with E-state index in [0.717, 1.165) is 40.0 Å². The van der Waals surface area contributed by atoms with E-state index in [1.165, 1.54) is 12.1 Å². The molecule has 4 N–H and O–H groups in total. The number of nitrogens with zero attached hydrogens (tertiary/aromatic N) is 4. The minimum absolute atomic E-state index is 0.0371. The largest absolute Gasteiger partial charge is 0.489 e. The number of methoxy groups -OCH3 is 1. The lowest BCUT2D eigenvalue weighted by molar-refractivity contribution is -0.135. The van der Waals surface area contributed by atoms with Gasteiger partial charge in [0.1, 0.15) is 37.3 Å². The molecule has 0 fully saturated rings. The zero-order valence-electron chi connectivity index (χ0n) is 37.2. The van der Waals surface area contributed by atoms with E-state index in [4.69, 9.17) is 97.9 Å². The quantitative estimate of drug-likeness (QED) is 0.0409. The third kappa shape index (κ3) is 17.7. The zero-order chi connectivity index (χ0) is 49.9. The molecule has 23 heteroatoms. The summed E-state index contributed by atoms with van der Waals surface area (Å²) < 4.78 is 32.3. The van der Waals surface area contributed by atoms with Crippen molar-refractivity contribution in [3.63, 3.8) is 0 Å². The minimum Gasteiger partial charge on any atom is -0.489 e. The van der Waals surface area contributed by atoms with Crippen LogP contribution in [0.5, 0.6) is 11.5 Å². The van der Waals surface area contributed by atoms with Crippen molar-refractivity contribution in [3.05, 3.63) is 92.2 Å². The Labute approximate surface area is 408 Å². The third-order valence-corrected chi connectivity index (χ3v) is 10.5. The number of fused-ring (bicyclic) bond motifs is 1. The first-order valence-corrected chi connectivity index (χ1v) is 23.8. The third-order valence-electron chi connectivity index (χ3n) is 8.70. The number of hydrogen-bond acceptors (Lipinski definition) is 11. The second-order valence-corrected chi connectivity index (χ2v) is 18.7. The number of benzene rings is 3. The Morgan fingerprint density at radius 2 is 1.67 bits per heavy atom. The molecule has 1 aliphatic rings. The highest BCUT2D eigenvalue weighted by atomic mass is 35.5. The summed E-state index contributed by atoms with van der Waals surface area (Å²) in [5.41, 5.74) is 3.86. The number of aromatic nitrogens is 2. The van der Waals surface area contributed by atoms with Gasteiger partial charge in [-0.25, -0.2) is 4.79 Å². The van der Waals surface area contributed by atoms with Crippen molar-refractivity contribution < 1.29 is 52.5 Å². The topological polar surface area (TPSA) is 223 Å². The molecule has 4 aromatic rings. The minimum atomic E-state index is -4.10. The Balaban J connectivity index is 0.000000312. The van der Waals surface area contributed by atoms with Gasteiger partial charge in [-0.3, -0.25) is 29.2 Å². The molecule has 0 saturated heterocycles. The molecule has 2 amide bonds. The number of ether oxygens (including phenoxy) is 3. The smallest absolute Gasteiger partial charge is 0.442 e. The summed E-state index contributed by atoms with van der Waals surface area (Å²) in [7, 11) is -2.52. The van der Waals surface area contributed by atoms with Gasteiger partial charge in [-0.1, -0.05) is 117 Å². The number of aliphatic carboxylic acids is 1. The van der Waals surface area contributed by atoms with E-state index in [-0.39, 0.29) is 47.1 Å². The van der Waals surface area contributed by atoms with Gasteiger partial charge in [-0.15, -0.1) is 23.1 Å². The molecule has 66 heavy (non-hydrogen) atoms. The fourth-order valence-corrected chi connectivity index (χ4v) is 6.99. The molecule has 1 unspecified atom stereocenters. The van der Waals surface area contributed by atoms with Crippen molar-refractivity contribution in [2.75, 3.05) is 55.6 Å². The highest BCUT2D eigenvalue weighted by Gasteiger charge is 2.32. The number of halogens is 5. The number of rotatable bonds is 14. The molecule has 362 valence electrons. The van der Waals surface area contributed by atoms with Crippen LogP contribution in [0.15, 0.2) is 63.8 Å². The molecule has 1 aliphatic heterocycles. The lowest BCUT2D eigenvalue weighted by atomic mass is 9.97. The van der Waals surface area contributed by atoms with E-state index in [9.17, 15) is 23.7 Å². The first-order chi connectivity index (χ1) is 30.9. The maximum absolute atomic E-state index is 12.0. The summed E-state index contributed by atoms with van der Waals surface area (Å²) in [5, 5.41) is 14.8. The summed E-state index contributed by atoms with van der Waals surface area (Å²) in [6, 6.07) is 16.3. The molecule has 0 aliphatic carbocycles. The summed E-state index contributed by atoms with van der Waals surface area (Å²) in [4.78, 5) is 64.2. The molecule has 2 heterocycles. The van der Waals surface area contributed by atoms with Crippen molar-refractivity contribution in [2.45, 2.75) is 70.7 Å². The average molecular weight is 1040 g/mol. The monoisotopic (exact) mass is 1040 g/mol. The van der Waals surface area contributed by atoms with E-state index >= 15 is 0 Å². The Kier molecular flexibility index (Phi) is 24.1. The number of carboxylic acids is 1. The number of hydrogen-bond donors (Lipinski definition) is 4. The maximum Gasteiger partial charge on any atom is 0.442 e. The Bertz CT molecular complexity index is 2370. The molecule has 17 nitrogen and oxygen atoms in total. The van der Waals surface area contributed by atoms with Crippen molar-refractivity contribution >= 4 is 94.8 Å². The standard InChI is InChI=1S/C15H14Cl2N2O3.C14H20ClNO2.C11H11Cl2NO2.C3H8NO5P/c1-5-6-21-12-8-11(9(16)7-10(12)17)19-14(20)22-13(18-19)15(2,3)4;1-4-11-7-6-8-12(5-2)14(11)16(10-18-3)13(17)9-15;1-7-6-16-9-5-3-2-4-8(9)14(7)11(15)10(12)13;5-3(6)1-4-2-10(7,8)9/h1,7-8H,6H2,2-4H3;6-8H,4-5,9-10H2,1-3H3;2-5,7,10H,6H2,1H3;4H,1-2H2,(H,5,6)(H2,7,8,9). The summed E-state index contributed by atoms with van der Waals surface area (Å²) in [6.45, 7) is 12.0. The van der Waals surface area contributed by atoms with Crippen molar-refractivity contribution in [3.8, 4) is 29.5 Å². The van der Waals surface area contributed by atoms with E-state index < -0.39 is 42.4 Å². The number of para-hydroxylation sites is 3. The SMILES string of the molecule is C#CCOc1cc(-n2nc(C(C)(C)C)oc2=O)c(Cl)cc1Cl.CC1COc2ccccc2N1C(=O)C(Cl)Cl.CCc1cccc(CC)c1N(COC)C(=O)CCl.O=C(O)CNCP(=O)(O)O. The number of aryl methyl sites for hydroxylation is 2. The predicted molar refractivity (Wildman–Crippen MR) is 257 cm³/mol. The fraction of sp³-hybridized carbons (Fsp3) is 0.419. The van der Waals surface area contributed by atoms with Crippen LogP contribution >= 0.6 is 65.6 Å². The van der Waals surface area contributed by atoms with Gasteiger partial charge >= 0.3 is 19.3 Å². The first-order valence-electron chi connectivity index (χ1n) is 19.9. The van der Waals surface area contributed by atoms with E-state index in [1.54, 1.807) is 16.9 Å². The van der Waals surface area contributed by atoms with Crippen LogP contribution in [0.2, 0.25) is 10.0 Å². The molecule has 0 radical (unpaired) electrons. The van der Waals surface area contributed by atoms with Gasteiger partial charge in [-0.2, -0.15) is 4.68 Å². The molecule has 0 bridgehead atoms. The first kappa shape index (κ1) is 57.8. The van der Waals surface area contributed by atoms with Crippen LogP contribution in [0.1, 0.15) is 58.6 Å². The molecule has 0 spiro atoms. The van der Waals surface area contributed by atoms with E-state index in [2.05, 4.69) is 30.2 Å². The van der Waals surface area contributed by atoms with Crippen LogP contribution < -0.4 is 30.3 Å². The number of alkyl halides is 3. The van der Waals surface area contributed by atoms with Crippen LogP contribution in [-0.4, -0.2) is 99.1 Å². The molecular weight excluding hydrogens is 987 g/mol. The molecular formula is C43H53Cl5N5O12P. The van der Waals surface area contributed by atoms with Gasteiger partial charge in [0.05, 0.1) is 46.0 Å². The second-order valence-electron chi connectivity index (χ2n) is 14.8. The van der Waals surface area contributed by atoms with Gasteiger partial charge in [0, 0.05) is 18.6 Å². The second kappa shape index (κ2) is 27.5. The number of anilines is 2. The highest BCUT2D eigenvalue weighted by molar-refractivity contribution is 7.51. The van der Waals surface area contributed by atoms with Gasteiger partial charge < -0.3 is 38.4 Å². The normalized spacial score (nSPS) is 13.0. The van der Waals surface area contributed by atoms with Crippen LogP contribution in [0.25, 0.3) is 5.69 Å². The Morgan fingerprint density at radius 1 is 1.05 bits per heavy atom. The molecule has 1 atom stereocenters. The Hall–Kier alpha value is -4.31. The predicted octanol–water partition coefficient (Wildman–Crippen LogP) is 7.83. The van der Waals surface area contributed by atoms with E-state index in [0.29, 0.717) is 29.7 Å². The summed E-state index contributed by atoms with van der Waals surface area (Å²) >= 11 is 29.1. The number of carbonyl (C=O) groups excluding carboxylic acids is 2. The van der Waals surface area contributed by atoms with Crippen LogP contribution in [0.4, 0.5) is 11.4 Å². The van der Waals surface area contributed by atoms with Crippen molar-refractivity contribution in [1.29, 1.82) is 0 Å². The van der Waals surface area contributed by atoms with Crippen LogP contribution in [0, 0.1) is 12.3 Å². The Morgan fingerprint density at radius 3 is 2.17 bits per heavy atom. The average Bonchev–Trinajstić information content (AvgIpc) is 3.66. The van der Waals surface area contributed by atoms with Gasteiger partial charge in [0.2, 0.25) is 11.8 Å². The van der Waals surface area contributed by atoms with Crippen molar-refractivity contribution in [1.82, 2.24) is 15.1 Å². The number of carbonyl (C=O) groups is 3. The lowest BCUT2D eigenvalue weighted by Gasteiger charge is -2.35. The number of nitrogens with one attached hydrogen (secondary N) is 1. The van der Waals surface area contributed by atoms with Gasteiger partial charge in [0.25, 0.3) is 5.91 Å².